The van der Waals surface area contributed by atoms with E-state index in [0.29, 0.717) is 34.8 Å². The highest BCUT2D eigenvalue weighted by molar-refractivity contribution is 6.26. The number of Topliss-reactive ketones (excluding diaryl/α,β-unsaturated/α-hetero) is 2. The van der Waals surface area contributed by atoms with E-state index in [4.69, 9.17) is 9.47 Å². The topological polar surface area (TPSA) is 114 Å². The molecule has 8 rings (SSSR count). The number of nitrogens with zero attached hydrogens (tertiary/aromatic N) is 2. The molecule has 0 saturated heterocycles. The molecule has 0 N–H and O–H groups in total. The van der Waals surface area contributed by atoms with Gasteiger partial charge in [0.1, 0.15) is 0 Å². The Morgan fingerprint density at radius 1 is 0.538 bits per heavy atom. The molecule has 0 amide bonds. The molecule has 9 nitrogen and oxygen atoms in total. The second-order valence-electron chi connectivity index (χ2n) is 17.0. The number of para-hydroxylation sites is 1. The number of carbonyl (C=O) groups excluding carboxylic acids is 5. The molecule has 0 aliphatic rings. The number of hydrogen-bond donors (Lipinski definition) is 0. The van der Waals surface area contributed by atoms with E-state index in [1.165, 1.54) is 0 Å². The van der Waals surface area contributed by atoms with Crippen molar-refractivity contribution in [1.29, 1.82) is 0 Å². The molecule has 332 valence electrons. The van der Waals surface area contributed by atoms with Gasteiger partial charge in [-0.3, -0.25) is 24.0 Å². The molecule has 0 radical (unpaired) electrons. The Hall–Kier alpha value is -6.87. The second kappa shape index (κ2) is 19.9. The number of unbranched alkanes of at least 4 members (excludes halogenated alkanes) is 1. The molecule has 9 heteroatoms. The summed E-state index contributed by atoms with van der Waals surface area (Å²) in [6, 6.07) is 37.3. The van der Waals surface area contributed by atoms with E-state index in [2.05, 4.69) is 29.0 Å². The quantitative estimate of drug-likeness (QED) is 0.0553. The van der Waals surface area contributed by atoms with E-state index in [1.807, 2.05) is 116 Å². The minimum absolute atomic E-state index is 0.0166. The smallest absolute Gasteiger partial charge is 0.306 e. The van der Waals surface area contributed by atoms with Crippen LogP contribution in [0, 0.1) is 5.92 Å². The van der Waals surface area contributed by atoms with Crippen LogP contribution in [0.4, 0.5) is 0 Å². The van der Waals surface area contributed by atoms with E-state index in [9.17, 15) is 24.0 Å². The second-order valence-corrected chi connectivity index (χ2v) is 17.0. The van der Waals surface area contributed by atoms with Gasteiger partial charge < -0.3 is 18.6 Å². The zero-order chi connectivity index (χ0) is 45.6. The van der Waals surface area contributed by atoms with Crippen molar-refractivity contribution in [2.24, 2.45) is 5.92 Å². The summed E-state index contributed by atoms with van der Waals surface area (Å²) >= 11 is 0. The molecule has 8 aromatic rings. The maximum atomic E-state index is 14.9. The lowest BCUT2D eigenvalue weighted by atomic mass is 9.94. The van der Waals surface area contributed by atoms with Crippen molar-refractivity contribution in [2.45, 2.75) is 92.0 Å². The van der Waals surface area contributed by atoms with Gasteiger partial charge in [-0.15, -0.1) is 0 Å². The number of esters is 2. The molecule has 1 unspecified atom stereocenters. The van der Waals surface area contributed by atoms with E-state index < -0.39 is 5.97 Å². The fourth-order valence-electron chi connectivity index (χ4n) is 9.27. The SMILES string of the molecule is CCCCC(CC)Cn1c2ccc(C(=O)CCC(=O)OCC)cc2c2cc(C(=O)c3ccc(-n4c5ccccc5c5cc(C(=O)CCC(=O)OCCC)ccc54)cc3)c3ccccc3c21. The molecule has 2 heterocycles. The van der Waals surface area contributed by atoms with Gasteiger partial charge in [0.15, 0.2) is 17.3 Å². The third-order valence-corrected chi connectivity index (χ3v) is 12.7. The number of hydrogen-bond acceptors (Lipinski definition) is 7. The third kappa shape index (κ3) is 9.10. The van der Waals surface area contributed by atoms with Crippen molar-refractivity contribution >= 4 is 83.7 Å². The highest BCUT2D eigenvalue weighted by Gasteiger charge is 2.23. The number of aromatic nitrogens is 2. The fourth-order valence-corrected chi connectivity index (χ4v) is 9.27. The zero-order valence-corrected chi connectivity index (χ0v) is 37.8. The van der Waals surface area contributed by atoms with Crippen LogP contribution in [0.25, 0.3) is 60.1 Å². The van der Waals surface area contributed by atoms with Crippen LogP contribution < -0.4 is 0 Å². The molecular weight excluding hydrogens is 813 g/mol. The zero-order valence-electron chi connectivity index (χ0n) is 37.8. The van der Waals surface area contributed by atoms with Crippen molar-refractivity contribution in [3.63, 3.8) is 0 Å². The minimum atomic E-state index is -0.392. The summed E-state index contributed by atoms with van der Waals surface area (Å²) in [6.45, 7) is 9.57. The van der Waals surface area contributed by atoms with Crippen LogP contribution in [0.15, 0.2) is 115 Å². The first-order valence-electron chi connectivity index (χ1n) is 23.2. The molecule has 6 aromatic carbocycles. The summed E-state index contributed by atoms with van der Waals surface area (Å²) in [5.74, 6) is -0.679. The van der Waals surface area contributed by atoms with Gasteiger partial charge in [-0.2, -0.15) is 0 Å². The lowest BCUT2D eigenvalue weighted by Gasteiger charge is -2.18. The monoisotopic (exact) mass is 868 g/mol. The first-order valence-corrected chi connectivity index (χ1v) is 23.2. The molecule has 0 aliphatic carbocycles. The third-order valence-electron chi connectivity index (χ3n) is 12.7. The van der Waals surface area contributed by atoms with Crippen molar-refractivity contribution in [2.75, 3.05) is 13.2 Å². The molecule has 0 bridgehead atoms. The largest absolute Gasteiger partial charge is 0.466 e. The Morgan fingerprint density at radius 3 is 1.77 bits per heavy atom. The summed E-state index contributed by atoms with van der Waals surface area (Å²) in [5, 5.41) is 5.53. The Bertz CT molecular complexity index is 3100. The first-order chi connectivity index (χ1) is 31.6. The van der Waals surface area contributed by atoms with E-state index in [1.54, 1.807) is 6.92 Å². The van der Waals surface area contributed by atoms with Crippen molar-refractivity contribution in [1.82, 2.24) is 9.13 Å². The summed E-state index contributed by atoms with van der Waals surface area (Å²) in [7, 11) is 0. The number of rotatable bonds is 20. The maximum absolute atomic E-state index is 14.9. The summed E-state index contributed by atoms with van der Waals surface area (Å²) in [5.41, 5.74) is 6.95. The van der Waals surface area contributed by atoms with Crippen LogP contribution in [-0.4, -0.2) is 51.6 Å². The molecule has 1 atom stereocenters. The lowest BCUT2D eigenvalue weighted by Crippen LogP contribution is -2.11. The molecule has 0 aliphatic heterocycles. The predicted octanol–water partition coefficient (Wildman–Crippen LogP) is 12.9. The fraction of sp³-hybridized carbons (Fsp3) is 0.304. The number of benzene rings is 6. The van der Waals surface area contributed by atoms with Gasteiger partial charge in [-0.1, -0.05) is 82.5 Å². The van der Waals surface area contributed by atoms with Crippen LogP contribution >= 0.6 is 0 Å². The molecule has 0 saturated carbocycles. The van der Waals surface area contributed by atoms with E-state index in [0.717, 1.165) is 98.7 Å². The van der Waals surface area contributed by atoms with E-state index >= 15 is 0 Å². The van der Waals surface area contributed by atoms with Gasteiger partial charge in [0.25, 0.3) is 0 Å². The predicted molar refractivity (Wildman–Crippen MR) is 259 cm³/mol. The number of fused-ring (bicyclic) bond motifs is 8. The van der Waals surface area contributed by atoms with Crippen molar-refractivity contribution < 1.29 is 33.4 Å². The molecule has 0 spiro atoms. The summed E-state index contributed by atoms with van der Waals surface area (Å²) in [4.78, 5) is 65.9. The van der Waals surface area contributed by atoms with Crippen LogP contribution in [0.1, 0.15) is 122 Å². The number of ketones is 3. The highest BCUT2D eigenvalue weighted by Crippen LogP contribution is 2.39. The van der Waals surface area contributed by atoms with Gasteiger partial charge in [-0.25, -0.2) is 0 Å². The van der Waals surface area contributed by atoms with Gasteiger partial charge in [0, 0.05) is 79.8 Å². The van der Waals surface area contributed by atoms with E-state index in [-0.39, 0.29) is 55.6 Å². The van der Waals surface area contributed by atoms with Crippen LogP contribution in [0.2, 0.25) is 0 Å². The van der Waals surface area contributed by atoms with Crippen LogP contribution in [0.5, 0.6) is 0 Å². The minimum Gasteiger partial charge on any atom is -0.466 e. The molecule has 0 fully saturated rings. The van der Waals surface area contributed by atoms with Crippen molar-refractivity contribution in [3.8, 4) is 5.69 Å². The highest BCUT2D eigenvalue weighted by atomic mass is 16.5. The number of carbonyl (C=O) groups is 5. The first kappa shape index (κ1) is 44.7. The number of ether oxygens (including phenoxy) is 2. The molecular formula is C56H56N2O7. The molecule has 2 aromatic heterocycles. The van der Waals surface area contributed by atoms with Crippen LogP contribution in [-0.2, 0) is 25.6 Å². The van der Waals surface area contributed by atoms with Gasteiger partial charge in [0.2, 0.25) is 0 Å². The summed E-state index contributed by atoms with van der Waals surface area (Å²) < 4.78 is 14.8. The van der Waals surface area contributed by atoms with Crippen molar-refractivity contribution in [3.05, 3.63) is 138 Å². The summed E-state index contributed by atoms with van der Waals surface area (Å²) in [6.07, 6.45) is 5.32. The van der Waals surface area contributed by atoms with Gasteiger partial charge >= 0.3 is 11.9 Å². The van der Waals surface area contributed by atoms with Crippen LogP contribution in [0.3, 0.4) is 0 Å². The lowest BCUT2D eigenvalue weighted by molar-refractivity contribution is -0.144. The van der Waals surface area contributed by atoms with Gasteiger partial charge in [-0.05, 0) is 104 Å². The Morgan fingerprint density at radius 2 is 1.12 bits per heavy atom. The maximum Gasteiger partial charge on any atom is 0.306 e. The average molecular weight is 869 g/mol. The average Bonchev–Trinajstić information content (AvgIpc) is 3.84. The Balaban J connectivity index is 1.18. The van der Waals surface area contributed by atoms with Gasteiger partial charge in [0.05, 0.1) is 42.6 Å². The molecule has 65 heavy (non-hydrogen) atoms. The normalized spacial score (nSPS) is 12.1. The Labute approximate surface area is 379 Å². The standard InChI is InChI=1S/C56H56N2O7/c1-5-9-14-36(7-3)35-57-48-25-21-38(51(59)27-29-53(61)64-8-4)33-45(48)46-34-47(41-15-10-11-17-43(41)55(46)57)56(63)37-19-23-40(24-20-37)58-49-18-13-12-16-42(49)44-32-39(22-26-50(44)58)52(60)28-30-54(62)65-31-6-2/h10-13,15-26,32-34,36H,5-9,14,27-31,35H2,1-4H3. The Kier molecular flexibility index (Phi) is 13.7.